The van der Waals surface area contributed by atoms with Crippen molar-refractivity contribution in [3.05, 3.63) is 76.1 Å². The molecule has 242 valence electrons. The predicted molar refractivity (Wildman–Crippen MR) is 162 cm³/mol. The van der Waals surface area contributed by atoms with Crippen molar-refractivity contribution in [3.8, 4) is 5.75 Å². The fourth-order valence-electron chi connectivity index (χ4n) is 7.27. The third-order valence-corrected chi connectivity index (χ3v) is 9.83. The number of aromatic nitrogens is 2. The Labute approximate surface area is 264 Å². The van der Waals surface area contributed by atoms with E-state index < -0.39 is 11.7 Å². The van der Waals surface area contributed by atoms with Crippen LogP contribution < -0.4 is 15.4 Å². The Hall–Kier alpha value is -4.23. The number of anilines is 2. The minimum absolute atomic E-state index is 0.0804. The Bertz CT molecular complexity index is 1730. The number of fused-ring (bicyclic) bond motifs is 2. The molecule has 4 aliphatic rings. The number of likely N-dealkylation sites (tertiary alicyclic amines) is 1. The van der Waals surface area contributed by atoms with E-state index in [2.05, 4.69) is 32.5 Å². The number of alkyl halides is 3. The summed E-state index contributed by atoms with van der Waals surface area (Å²) in [6, 6.07) is 9.98. The van der Waals surface area contributed by atoms with Crippen LogP contribution in [-0.2, 0) is 22.9 Å². The molecule has 2 saturated heterocycles. The molecular formula is C33H35F3N6O4. The fraction of sp³-hybridized carbons (Fsp3) is 0.455. The van der Waals surface area contributed by atoms with Gasteiger partial charge in [0.15, 0.2) is 0 Å². The topological polar surface area (TPSA) is 109 Å². The number of carbonyl (C=O) groups is 2. The molecule has 2 aromatic carbocycles. The van der Waals surface area contributed by atoms with E-state index in [1.807, 2.05) is 6.07 Å². The van der Waals surface area contributed by atoms with Crippen LogP contribution in [0.1, 0.15) is 68.8 Å². The van der Waals surface area contributed by atoms with Crippen LogP contribution in [0.3, 0.4) is 0 Å². The maximum absolute atomic E-state index is 14.1. The van der Waals surface area contributed by atoms with Crippen molar-refractivity contribution in [1.29, 1.82) is 0 Å². The summed E-state index contributed by atoms with van der Waals surface area (Å²) in [6.45, 7) is 2.25. The first-order valence-electron chi connectivity index (χ1n) is 15.3. The van der Waals surface area contributed by atoms with Crippen LogP contribution in [0, 0.1) is 0 Å². The van der Waals surface area contributed by atoms with Crippen LogP contribution in [0.15, 0.2) is 42.6 Å². The summed E-state index contributed by atoms with van der Waals surface area (Å²) in [7, 11) is 5.23. The van der Waals surface area contributed by atoms with Gasteiger partial charge in [-0.05, 0) is 55.6 Å². The van der Waals surface area contributed by atoms with Crippen molar-refractivity contribution >= 4 is 23.5 Å². The zero-order valence-electron chi connectivity index (χ0n) is 25.8. The van der Waals surface area contributed by atoms with Gasteiger partial charge in [0.2, 0.25) is 5.95 Å². The molecule has 1 saturated carbocycles. The molecule has 4 heterocycles. The standard InChI is InChI=1S/C33H35F3N6O4/c1-41-12-11-31(18-41)15-21(17-46-31)38-28(43)20-7-8-24(26(14-20)45-3)39-30-37-16-23(33(34,35)36)25(40-30)13-19-5-4-6-22-27(19)29(44)42(2)32(22)9-10-32/h4-8,14,16,21H,9-13,15,17-18H2,1-3H3,(H,38,43)(H,37,39,40). The predicted octanol–water partition coefficient (Wildman–Crippen LogP) is 4.51. The van der Waals surface area contributed by atoms with Crippen LogP contribution in [0.5, 0.6) is 5.75 Å². The molecule has 13 heteroatoms. The summed E-state index contributed by atoms with van der Waals surface area (Å²) in [5.41, 5.74) is 0.726. The van der Waals surface area contributed by atoms with E-state index in [4.69, 9.17) is 9.47 Å². The maximum atomic E-state index is 14.1. The summed E-state index contributed by atoms with van der Waals surface area (Å²) >= 11 is 0. The highest BCUT2D eigenvalue weighted by Gasteiger charge is 2.56. The molecule has 2 unspecified atom stereocenters. The normalized spacial score (nSPS) is 23.3. The highest BCUT2D eigenvalue weighted by atomic mass is 19.4. The molecule has 2 atom stereocenters. The first kappa shape index (κ1) is 30.4. The number of carbonyl (C=O) groups excluding carboxylic acids is 2. The lowest BCUT2D eigenvalue weighted by Gasteiger charge is -2.22. The van der Waals surface area contributed by atoms with Crippen molar-refractivity contribution in [2.75, 3.05) is 46.2 Å². The van der Waals surface area contributed by atoms with Gasteiger partial charge in [0.25, 0.3) is 11.8 Å². The van der Waals surface area contributed by atoms with Gasteiger partial charge in [0, 0.05) is 50.3 Å². The fourth-order valence-corrected chi connectivity index (χ4v) is 7.27. The Morgan fingerprint density at radius 2 is 1.98 bits per heavy atom. The second kappa shape index (κ2) is 10.9. The third-order valence-electron chi connectivity index (χ3n) is 9.83. The van der Waals surface area contributed by atoms with Gasteiger partial charge in [-0.3, -0.25) is 9.59 Å². The smallest absolute Gasteiger partial charge is 0.419 e. The summed E-state index contributed by atoms with van der Waals surface area (Å²) in [4.78, 5) is 38.4. The van der Waals surface area contributed by atoms with Gasteiger partial charge in [0.05, 0.1) is 47.8 Å². The second-order valence-corrected chi connectivity index (χ2v) is 12.9. The minimum Gasteiger partial charge on any atom is -0.495 e. The summed E-state index contributed by atoms with van der Waals surface area (Å²) in [6.07, 6.45) is -0.824. The van der Waals surface area contributed by atoms with E-state index in [1.54, 1.807) is 42.3 Å². The molecule has 3 aliphatic heterocycles. The first-order valence-corrected chi connectivity index (χ1v) is 15.3. The van der Waals surface area contributed by atoms with E-state index in [-0.39, 0.29) is 47.1 Å². The lowest BCUT2D eigenvalue weighted by molar-refractivity contribution is -0.138. The van der Waals surface area contributed by atoms with Crippen molar-refractivity contribution in [3.63, 3.8) is 0 Å². The van der Waals surface area contributed by atoms with Gasteiger partial charge in [-0.1, -0.05) is 18.2 Å². The van der Waals surface area contributed by atoms with E-state index in [0.717, 1.165) is 50.5 Å². The molecule has 7 rings (SSSR count). The van der Waals surface area contributed by atoms with Gasteiger partial charge in [0.1, 0.15) is 5.75 Å². The van der Waals surface area contributed by atoms with Crippen molar-refractivity contribution < 1.29 is 32.2 Å². The molecule has 1 aliphatic carbocycles. The van der Waals surface area contributed by atoms with Gasteiger partial charge in [-0.15, -0.1) is 0 Å². The molecule has 0 bridgehead atoms. The number of ether oxygens (including phenoxy) is 2. The zero-order chi connectivity index (χ0) is 32.4. The zero-order valence-corrected chi connectivity index (χ0v) is 25.8. The molecule has 10 nitrogen and oxygen atoms in total. The summed E-state index contributed by atoms with van der Waals surface area (Å²) in [5.74, 6) is -0.260. The van der Waals surface area contributed by atoms with E-state index in [1.165, 1.54) is 7.11 Å². The van der Waals surface area contributed by atoms with Crippen LogP contribution in [0.4, 0.5) is 24.8 Å². The molecule has 2 N–H and O–H groups in total. The minimum atomic E-state index is -4.70. The number of amides is 2. The Kier molecular flexibility index (Phi) is 7.24. The lowest BCUT2D eigenvalue weighted by atomic mass is 9.94. The number of nitrogens with zero attached hydrogens (tertiary/aromatic N) is 4. The van der Waals surface area contributed by atoms with Crippen LogP contribution >= 0.6 is 0 Å². The van der Waals surface area contributed by atoms with Gasteiger partial charge in [-0.2, -0.15) is 13.2 Å². The molecule has 1 aromatic heterocycles. The number of likely N-dealkylation sites (N-methyl/N-ethyl adjacent to an activating group) is 1. The van der Waals surface area contributed by atoms with Crippen molar-refractivity contribution in [2.45, 2.75) is 55.5 Å². The molecule has 2 spiro atoms. The second-order valence-electron chi connectivity index (χ2n) is 12.9. The van der Waals surface area contributed by atoms with E-state index >= 15 is 0 Å². The third kappa shape index (κ3) is 5.24. The number of nitrogens with one attached hydrogen (secondary N) is 2. The Morgan fingerprint density at radius 3 is 2.67 bits per heavy atom. The summed E-state index contributed by atoms with van der Waals surface area (Å²) < 4.78 is 53.9. The molecule has 0 radical (unpaired) electrons. The number of halogens is 3. The maximum Gasteiger partial charge on any atom is 0.419 e. The highest BCUT2D eigenvalue weighted by molar-refractivity contribution is 6.02. The monoisotopic (exact) mass is 636 g/mol. The average Bonchev–Trinajstić information content (AvgIpc) is 3.56. The van der Waals surface area contributed by atoms with E-state index in [9.17, 15) is 22.8 Å². The Morgan fingerprint density at radius 1 is 1.17 bits per heavy atom. The summed E-state index contributed by atoms with van der Waals surface area (Å²) in [5, 5.41) is 6.00. The molecule has 46 heavy (non-hydrogen) atoms. The lowest BCUT2D eigenvalue weighted by Crippen LogP contribution is -2.37. The number of hydrogen-bond donors (Lipinski definition) is 2. The molecule has 2 amide bonds. The SMILES string of the molecule is COc1cc(C(=O)NC2COC3(CCN(C)C3)C2)ccc1Nc1ncc(C(F)(F)F)c(Cc2cccc3c2C(=O)N(C)C32CC2)n1. The quantitative estimate of drug-likeness (QED) is 0.390. The largest absolute Gasteiger partial charge is 0.495 e. The van der Waals surface area contributed by atoms with Gasteiger partial charge >= 0.3 is 6.18 Å². The van der Waals surface area contributed by atoms with Crippen molar-refractivity contribution in [1.82, 2.24) is 25.1 Å². The number of benzene rings is 2. The van der Waals surface area contributed by atoms with Crippen LogP contribution in [0.25, 0.3) is 0 Å². The molecule has 3 fully saturated rings. The molecular weight excluding hydrogens is 601 g/mol. The van der Waals surface area contributed by atoms with Crippen LogP contribution in [0.2, 0.25) is 0 Å². The first-order chi connectivity index (χ1) is 21.9. The van der Waals surface area contributed by atoms with Gasteiger partial charge < -0.3 is 29.9 Å². The average molecular weight is 637 g/mol. The van der Waals surface area contributed by atoms with E-state index in [0.29, 0.717) is 34.7 Å². The molecule has 3 aromatic rings. The van der Waals surface area contributed by atoms with Gasteiger partial charge in [-0.25, -0.2) is 9.97 Å². The highest BCUT2D eigenvalue weighted by Crippen LogP contribution is 2.56. The number of hydrogen-bond acceptors (Lipinski definition) is 8. The Balaban J connectivity index is 1.11. The number of methoxy groups -OCH3 is 1. The van der Waals surface area contributed by atoms with Crippen molar-refractivity contribution in [2.24, 2.45) is 0 Å². The number of rotatable bonds is 7. The van der Waals surface area contributed by atoms with Crippen LogP contribution in [-0.4, -0.2) is 84.1 Å².